The monoisotopic (exact) mass is 260 g/mol. The third-order valence-electron chi connectivity index (χ3n) is 3.33. The topological polar surface area (TPSA) is 77.6 Å². The Kier molecular flexibility index (Phi) is 3.12. The first-order valence-electron chi connectivity index (χ1n) is 6.35. The van der Waals surface area contributed by atoms with Gasteiger partial charge in [-0.3, -0.25) is 9.48 Å². The summed E-state index contributed by atoms with van der Waals surface area (Å²) in [6.45, 7) is 1.79. The van der Waals surface area contributed by atoms with Crippen molar-refractivity contribution in [1.29, 1.82) is 0 Å². The first-order chi connectivity index (χ1) is 9.22. The third kappa shape index (κ3) is 2.55. The molecule has 0 bridgehead atoms. The van der Waals surface area contributed by atoms with Crippen molar-refractivity contribution in [2.75, 3.05) is 13.1 Å². The van der Waals surface area contributed by atoms with Gasteiger partial charge in [0.25, 0.3) is 0 Å². The molecule has 2 aromatic rings. The van der Waals surface area contributed by atoms with Crippen molar-refractivity contribution >= 4 is 5.78 Å². The number of aryl methyl sites for hydroxylation is 2. The van der Waals surface area contributed by atoms with E-state index in [0.717, 1.165) is 18.7 Å². The van der Waals surface area contributed by atoms with E-state index in [0.29, 0.717) is 24.6 Å². The van der Waals surface area contributed by atoms with E-state index < -0.39 is 0 Å². The number of carbonyl (C=O) groups excluding carboxylic acids is 1. The van der Waals surface area contributed by atoms with Gasteiger partial charge < -0.3 is 5.32 Å². The summed E-state index contributed by atoms with van der Waals surface area (Å²) in [5, 5.41) is 15.2. The zero-order valence-electron chi connectivity index (χ0n) is 10.8. The molecule has 7 heteroatoms. The second-order valence-electron chi connectivity index (χ2n) is 4.84. The van der Waals surface area contributed by atoms with Crippen LogP contribution in [0, 0.1) is 0 Å². The molecule has 100 valence electrons. The average Bonchev–Trinajstić information content (AvgIpc) is 2.93. The summed E-state index contributed by atoms with van der Waals surface area (Å²) < 4.78 is 3.51. The number of carbonyl (C=O) groups is 1. The molecule has 0 radical (unpaired) electrons. The fourth-order valence-electron chi connectivity index (χ4n) is 2.03. The highest BCUT2D eigenvalue weighted by Gasteiger charge is 2.21. The molecule has 7 nitrogen and oxygen atoms in total. The molecular weight excluding hydrogens is 244 g/mol. The standard InChI is InChI=1S/C12H16N6O/c1-17-7-9(4-14-17)2-3-12(19)11-8-18(16-15-11)10-5-13-6-10/h4,7-8,10,13H,2-3,5-6H2,1H3. The molecule has 2 aromatic heterocycles. The van der Waals surface area contributed by atoms with Crippen molar-refractivity contribution in [3.8, 4) is 0 Å². The number of Topliss-reactive ketones (excluding diaryl/α,β-unsaturated/α-hetero) is 1. The molecule has 1 saturated heterocycles. The Morgan fingerprint density at radius 2 is 2.32 bits per heavy atom. The molecule has 1 N–H and O–H groups in total. The van der Waals surface area contributed by atoms with Crippen molar-refractivity contribution in [3.63, 3.8) is 0 Å². The Bertz CT molecular complexity index is 583. The minimum atomic E-state index is 0.0300. The second kappa shape index (κ2) is 4.93. The Balaban J connectivity index is 1.58. The molecule has 3 rings (SSSR count). The van der Waals surface area contributed by atoms with Crippen LogP contribution >= 0.6 is 0 Å². The maximum absolute atomic E-state index is 12.0. The first-order valence-corrected chi connectivity index (χ1v) is 6.35. The molecule has 0 aromatic carbocycles. The molecule has 1 aliphatic rings. The van der Waals surface area contributed by atoms with Crippen LogP contribution in [-0.4, -0.2) is 43.6 Å². The minimum absolute atomic E-state index is 0.0300. The van der Waals surface area contributed by atoms with Crippen molar-refractivity contribution in [2.45, 2.75) is 18.9 Å². The number of nitrogens with one attached hydrogen (secondary N) is 1. The highest BCUT2D eigenvalue weighted by molar-refractivity contribution is 5.93. The van der Waals surface area contributed by atoms with Gasteiger partial charge in [-0.15, -0.1) is 5.10 Å². The number of rotatable bonds is 5. The van der Waals surface area contributed by atoms with Crippen molar-refractivity contribution < 1.29 is 4.79 Å². The highest BCUT2D eigenvalue weighted by atomic mass is 16.1. The van der Waals surface area contributed by atoms with Crippen LogP contribution in [0.5, 0.6) is 0 Å². The molecule has 19 heavy (non-hydrogen) atoms. The molecule has 0 saturated carbocycles. The van der Waals surface area contributed by atoms with Crippen molar-refractivity contribution in [1.82, 2.24) is 30.1 Å². The van der Waals surface area contributed by atoms with Crippen LogP contribution in [0.25, 0.3) is 0 Å². The minimum Gasteiger partial charge on any atom is -0.312 e. The Morgan fingerprint density at radius 3 is 2.95 bits per heavy atom. The molecule has 0 unspecified atom stereocenters. The summed E-state index contributed by atoms with van der Waals surface area (Å²) >= 11 is 0. The molecule has 1 aliphatic heterocycles. The van der Waals surface area contributed by atoms with E-state index in [1.807, 2.05) is 13.2 Å². The molecule has 0 atom stereocenters. The number of nitrogens with zero attached hydrogens (tertiary/aromatic N) is 5. The summed E-state index contributed by atoms with van der Waals surface area (Å²) in [6, 6.07) is 0.340. The van der Waals surface area contributed by atoms with Crippen LogP contribution in [0.1, 0.15) is 28.5 Å². The van der Waals surface area contributed by atoms with Gasteiger partial charge in [-0.05, 0) is 12.0 Å². The largest absolute Gasteiger partial charge is 0.312 e. The fourth-order valence-corrected chi connectivity index (χ4v) is 2.03. The lowest BCUT2D eigenvalue weighted by Crippen LogP contribution is -2.43. The van der Waals surface area contributed by atoms with Crippen molar-refractivity contribution in [2.24, 2.45) is 7.05 Å². The van der Waals surface area contributed by atoms with Crippen LogP contribution in [-0.2, 0) is 13.5 Å². The van der Waals surface area contributed by atoms with Crippen LogP contribution in [0.4, 0.5) is 0 Å². The number of hydrogen-bond acceptors (Lipinski definition) is 5. The van der Waals surface area contributed by atoms with E-state index in [9.17, 15) is 4.79 Å². The van der Waals surface area contributed by atoms with Gasteiger partial charge in [0.2, 0.25) is 0 Å². The van der Waals surface area contributed by atoms with Crippen molar-refractivity contribution in [3.05, 3.63) is 29.8 Å². The smallest absolute Gasteiger partial charge is 0.185 e. The van der Waals surface area contributed by atoms with Gasteiger partial charge in [-0.2, -0.15) is 5.10 Å². The van der Waals surface area contributed by atoms with E-state index in [1.165, 1.54) is 0 Å². The van der Waals surface area contributed by atoms with Gasteiger partial charge in [0, 0.05) is 32.8 Å². The zero-order valence-corrected chi connectivity index (χ0v) is 10.8. The van der Waals surface area contributed by atoms with Gasteiger partial charge in [-0.25, -0.2) is 4.68 Å². The summed E-state index contributed by atoms with van der Waals surface area (Å²) in [7, 11) is 1.86. The van der Waals surface area contributed by atoms with Crippen LogP contribution in [0.15, 0.2) is 18.6 Å². The fraction of sp³-hybridized carbons (Fsp3) is 0.500. The SMILES string of the molecule is Cn1cc(CCC(=O)c2cn(C3CNC3)nn2)cn1. The maximum atomic E-state index is 12.0. The molecule has 0 amide bonds. The quantitative estimate of drug-likeness (QED) is 0.764. The summed E-state index contributed by atoms with van der Waals surface area (Å²) in [6.07, 6.45) is 6.57. The van der Waals surface area contributed by atoms with Gasteiger partial charge in [0.1, 0.15) is 5.69 Å². The van der Waals surface area contributed by atoms with Crippen LogP contribution in [0.3, 0.4) is 0 Å². The second-order valence-corrected chi connectivity index (χ2v) is 4.84. The zero-order chi connectivity index (χ0) is 13.2. The number of aromatic nitrogens is 5. The number of ketones is 1. The normalized spacial score (nSPS) is 15.4. The summed E-state index contributed by atoms with van der Waals surface area (Å²) in [5.74, 6) is 0.0300. The lowest BCUT2D eigenvalue weighted by atomic mass is 10.1. The summed E-state index contributed by atoms with van der Waals surface area (Å²) in [4.78, 5) is 12.0. The number of hydrogen-bond donors (Lipinski definition) is 1. The van der Waals surface area contributed by atoms with E-state index in [1.54, 1.807) is 21.8 Å². The van der Waals surface area contributed by atoms with E-state index in [-0.39, 0.29) is 5.78 Å². The Morgan fingerprint density at radius 1 is 1.47 bits per heavy atom. The highest BCUT2D eigenvalue weighted by Crippen LogP contribution is 2.11. The maximum Gasteiger partial charge on any atom is 0.185 e. The lowest BCUT2D eigenvalue weighted by molar-refractivity contribution is 0.0978. The molecule has 3 heterocycles. The third-order valence-corrected chi connectivity index (χ3v) is 3.33. The molecular formula is C12H16N6O. The molecule has 1 fully saturated rings. The van der Waals surface area contributed by atoms with Gasteiger partial charge in [0.15, 0.2) is 5.78 Å². The van der Waals surface area contributed by atoms with E-state index in [4.69, 9.17) is 0 Å². The first kappa shape index (κ1) is 12.0. The summed E-state index contributed by atoms with van der Waals surface area (Å²) in [5.41, 5.74) is 1.52. The predicted octanol–water partition coefficient (Wildman–Crippen LogP) is -0.0286. The van der Waals surface area contributed by atoms with E-state index in [2.05, 4.69) is 20.7 Å². The van der Waals surface area contributed by atoms with Gasteiger partial charge in [0.05, 0.1) is 18.4 Å². The lowest BCUT2D eigenvalue weighted by Gasteiger charge is -2.26. The van der Waals surface area contributed by atoms with Gasteiger partial charge in [-0.1, -0.05) is 5.21 Å². The van der Waals surface area contributed by atoms with E-state index >= 15 is 0 Å². The molecule has 0 aliphatic carbocycles. The average molecular weight is 260 g/mol. The predicted molar refractivity (Wildman–Crippen MR) is 67.8 cm³/mol. The Labute approximate surface area is 110 Å². The van der Waals surface area contributed by atoms with Gasteiger partial charge >= 0.3 is 0 Å². The molecule has 0 spiro atoms. The van der Waals surface area contributed by atoms with Crippen LogP contribution in [0.2, 0.25) is 0 Å². The Hall–Kier alpha value is -2.02. The van der Waals surface area contributed by atoms with Crippen LogP contribution < -0.4 is 5.32 Å².